The summed E-state index contributed by atoms with van der Waals surface area (Å²) in [5.41, 5.74) is 0.908. The number of hydrogen-bond donors (Lipinski definition) is 1. The molecule has 1 saturated carbocycles. The van der Waals surface area contributed by atoms with Crippen molar-refractivity contribution in [2.75, 3.05) is 5.32 Å². The minimum absolute atomic E-state index is 0.294. The van der Waals surface area contributed by atoms with E-state index in [1.54, 1.807) is 0 Å². The van der Waals surface area contributed by atoms with Gasteiger partial charge in [-0.2, -0.15) is 0 Å². The van der Waals surface area contributed by atoms with E-state index in [1.165, 1.54) is 11.3 Å². The van der Waals surface area contributed by atoms with Crippen LogP contribution in [-0.2, 0) is 14.1 Å². The van der Waals surface area contributed by atoms with Crippen molar-refractivity contribution in [3.8, 4) is 0 Å². The fraction of sp³-hybridized carbons (Fsp3) is 0.529. The second-order valence-electron chi connectivity index (χ2n) is 7.68. The predicted octanol–water partition coefficient (Wildman–Crippen LogP) is 2.89. The zero-order valence-corrected chi connectivity index (χ0v) is 15.4. The number of carbonyl (C=O) groups is 1. The number of nitrogens with one attached hydrogen (secondary N) is 1. The van der Waals surface area contributed by atoms with Crippen LogP contribution in [0.4, 0.5) is 9.52 Å². The van der Waals surface area contributed by atoms with Gasteiger partial charge < -0.3 is 14.6 Å². The molecule has 2 fully saturated rings. The molecule has 0 bridgehead atoms. The summed E-state index contributed by atoms with van der Waals surface area (Å²) < 4.78 is 26.0. The van der Waals surface area contributed by atoms with Crippen LogP contribution in [0.2, 0.25) is 0 Å². The Balaban J connectivity index is 1.56. The SMILES string of the molecule is CC1(C)OB(c2ccc3nc(NC(=O)[C@@H]4C[C@@H]4F)sc3c2)OC1(C)C. The van der Waals surface area contributed by atoms with Crippen LogP contribution < -0.4 is 10.8 Å². The summed E-state index contributed by atoms with van der Waals surface area (Å²) >= 11 is 1.37. The first-order valence-corrected chi connectivity index (χ1v) is 9.19. The fourth-order valence-electron chi connectivity index (χ4n) is 2.75. The molecule has 8 heteroatoms. The molecule has 25 heavy (non-hydrogen) atoms. The molecule has 132 valence electrons. The second kappa shape index (κ2) is 5.49. The van der Waals surface area contributed by atoms with Crippen molar-refractivity contribution in [3.63, 3.8) is 0 Å². The summed E-state index contributed by atoms with van der Waals surface area (Å²) in [4.78, 5) is 16.3. The van der Waals surface area contributed by atoms with Crippen LogP contribution in [-0.4, -0.2) is 35.4 Å². The molecule has 1 saturated heterocycles. The van der Waals surface area contributed by atoms with Gasteiger partial charge in [0, 0.05) is 0 Å². The molecule has 1 aromatic heterocycles. The number of carbonyl (C=O) groups excluding carboxylic acids is 1. The van der Waals surface area contributed by atoms with Crippen LogP contribution in [0.5, 0.6) is 0 Å². The Hall–Kier alpha value is -1.51. The third-order valence-electron chi connectivity index (χ3n) is 5.22. The number of fused-ring (bicyclic) bond motifs is 1. The maximum Gasteiger partial charge on any atom is 0.494 e. The highest BCUT2D eigenvalue weighted by molar-refractivity contribution is 7.22. The summed E-state index contributed by atoms with van der Waals surface area (Å²) in [5.74, 6) is -0.815. The summed E-state index contributed by atoms with van der Waals surface area (Å²) in [5, 5.41) is 3.20. The number of alkyl halides is 1. The molecular weight excluding hydrogens is 342 g/mol. The molecule has 2 atom stereocenters. The van der Waals surface area contributed by atoms with Gasteiger partial charge in [0.1, 0.15) is 6.17 Å². The van der Waals surface area contributed by atoms with Crippen molar-refractivity contribution < 1.29 is 18.5 Å². The Morgan fingerprint density at radius 1 is 1.32 bits per heavy atom. The number of benzene rings is 1. The molecule has 0 spiro atoms. The number of amides is 1. The fourth-order valence-corrected chi connectivity index (χ4v) is 3.67. The van der Waals surface area contributed by atoms with Crippen LogP contribution in [0.25, 0.3) is 10.2 Å². The lowest BCUT2D eigenvalue weighted by atomic mass is 9.79. The number of nitrogens with zero attached hydrogens (tertiary/aromatic N) is 1. The third-order valence-corrected chi connectivity index (χ3v) is 6.15. The number of anilines is 1. The van der Waals surface area contributed by atoms with Crippen LogP contribution in [0.3, 0.4) is 0 Å². The van der Waals surface area contributed by atoms with Crippen LogP contribution in [0.15, 0.2) is 18.2 Å². The molecule has 2 aromatic rings. The number of hydrogen-bond acceptors (Lipinski definition) is 5. The summed E-state index contributed by atoms with van der Waals surface area (Å²) in [6, 6.07) is 5.78. The van der Waals surface area contributed by atoms with Crippen molar-refractivity contribution in [2.45, 2.75) is 51.5 Å². The standard InChI is InChI=1S/C17H20BFN2O3S/c1-16(2)17(3,4)24-18(23-16)9-5-6-12-13(7-9)25-15(20-12)21-14(22)10-8-11(10)19/h5-7,10-11H,8H2,1-4H3,(H,20,21,22)/t10-,11+/m1/s1. The van der Waals surface area contributed by atoms with Crippen LogP contribution >= 0.6 is 11.3 Å². The topological polar surface area (TPSA) is 60.5 Å². The van der Waals surface area contributed by atoms with E-state index in [-0.39, 0.29) is 5.91 Å². The van der Waals surface area contributed by atoms with Crippen LogP contribution in [0.1, 0.15) is 34.1 Å². The lowest BCUT2D eigenvalue weighted by Gasteiger charge is -2.32. The molecule has 2 heterocycles. The van der Waals surface area contributed by atoms with Gasteiger partial charge in [0.25, 0.3) is 0 Å². The molecule has 5 nitrogen and oxygen atoms in total. The Kier molecular flexibility index (Phi) is 3.72. The first kappa shape index (κ1) is 16.9. The summed E-state index contributed by atoms with van der Waals surface area (Å²) in [6.07, 6.45) is -0.702. The summed E-state index contributed by atoms with van der Waals surface area (Å²) in [6.45, 7) is 8.06. The minimum atomic E-state index is -1.01. The average molecular weight is 362 g/mol. The highest BCUT2D eigenvalue weighted by Gasteiger charge is 2.51. The number of halogens is 1. The van der Waals surface area contributed by atoms with Gasteiger partial charge in [-0.1, -0.05) is 17.4 Å². The number of rotatable bonds is 3. The van der Waals surface area contributed by atoms with E-state index in [9.17, 15) is 9.18 Å². The van der Waals surface area contributed by atoms with Gasteiger partial charge in [0.2, 0.25) is 5.91 Å². The van der Waals surface area contributed by atoms with Crippen molar-refractivity contribution in [1.82, 2.24) is 4.98 Å². The van der Waals surface area contributed by atoms with Gasteiger partial charge in [-0.15, -0.1) is 0 Å². The molecule has 2 aliphatic rings. The Morgan fingerprint density at radius 3 is 2.56 bits per heavy atom. The smallest absolute Gasteiger partial charge is 0.399 e. The van der Waals surface area contributed by atoms with E-state index in [0.717, 1.165) is 15.7 Å². The zero-order chi connectivity index (χ0) is 18.0. The Morgan fingerprint density at radius 2 is 1.96 bits per heavy atom. The predicted molar refractivity (Wildman–Crippen MR) is 97.0 cm³/mol. The van der Waals surface area contributed by atoms with Crippen molar-refractivity contribution >= 4 is 45.2 Å². The number of thiazole rings is 1. The van der Waals surface area contributed by atoms with Crippen molar-refractivity contribution in [3.05, 3.63) is 18.2 Å². The lowest BCUT2D eigenvalue weighted by Crippen LogP contribution is -2.41. The molecule has 1 aromatic carbocycles. The van der Waals surface area contributed by atoms with Gasteiger partial charge in [0.05, 0.1) is 27.3 Å². The highest BCUT2D eigenvalue weighted by atomic mass is 32.1. The second-order valence-corrected chi connectivity index (χ2v) is 8.71. The maximum atomic E-state index is 13.0. The molecule has 0 unspecified atom stereocenters. The van der Waals surface area contributed by atoms with E-state index in [2.05, 4.69) is 10.3 Å². The van der Waals surface area contributed by atoms with E-state index >= 15 is 0 Å². The first-order valence-electron chi connectivity index (χ1n) is 8.37. The van der Waals surface area contributed by atoms with E-state index < -0.39 is 30.4 Å². The molecule has 1 aliphatic carbocycles. The monoisotopic (exact) mass is 362 g/mol. The van der Waals surface area contributed by atoms with E-state index in [4.69, 9.17) is 9.31 Å². The zero-order valence-electron chi connectivity index (χ0n) is 14.6. The van der Waals surface area contributed by atoms with Gasteiger partial charge >= 0.3 is 7.12 Å². The van der Waals surface area contributed by atoms with Crippen LogP contribution in [0, 0.1) is 5.92 Å². The van der Waals surface area contributed by atoms with E-state index in [1.807, 2.05) is 45.9 Å². The maximum absolute atomic E-state index is 13.0. The summed E-state index contributed by atoms with van der Waals surface area (Å²) in [7, 11) is -0.437. The Labute approximate surface area is 150 Å². The minimum Gasteiger partial charge on any atom is -0.399 e. The normalized spacial score (nSPS) is 26.8. The molecule has 0 radical (unpaired) electrons. The first-order chi connectivity index (χ1) is 11.7. The number of aromatic nitrogens is 1. The van der Waals surface area contributed by atoms with Gasteiger partial charge in [-0.3, -0.25) is 4.79 Å². The molecular formula is C17H20BFN2O3S. The van der Waals surface area contributed by atoms with Gasteiger partial charge in [-0.05, 0) is 51.7 Å². The van der Waals surface area contributed by atoms with Gasteiger partial charge in [-0.25, -0.2) is 9.37 Å². The Bertz CT molecular complexity index is 838. The van der Waals surface area contributed by atoms with E-state index in [0.29, 0.717) is 11.6 Å². The highest BCUT2D eigenvalue weighted by Crippen LogP contribution is 2.37. The quantitative estimate of drug-likeness (QED) is 0.853. The molecule has 1 aliphatic heterocycles. The van der Waals surface area contributed by atoms with Gasteiger partial charge in [0.15, 0.2) is 5.13 Å². The average Bonchev–Trinajstić information content (AvgIpc) is 3.03. The molecule has 1 amide bonds. The molecule has 1 N–H and O–H groups in total. The third kappa shape index (κ3) is 2.96. The van der Waals surface area contributed by atoms with Crippen molar-refractivity contribution in [1.29, 1.82) is 0 Å². The molecule has 4 rings (SSSR count). The van der Waals surface area contributed by atoms with Crippen molar-refractivity contribution in [2.24, 2.45) is 5.92 Å². The lowest BCUT2D eigenvalue weighted by molar-refractivity contribution is -0.117. The largest absolute Gasteiger partial charge is 0.494 e.